The van der Waals surface area contributed by atoms with E-state index in [0.717, 1.165) is 11.3 Å². The first-order chi connectivity index (χ1) is 15.9. The van der Waals surface area contributed by atoms with Crippen LogP contribution in [-0.2, 0) is 14.3 Å². The van der Waals surface area contributed by atoms with Gasteiger partial charge in [0.2, 0.25) is 5.91 Å². The number of urea groups is 1. The predicted molar refractivity (Wildman–Crippen MR) is 127 cm³/mol. The Balaban J connectivity index is 1.41. The van der Waals surface area contributed by atoms with E-state index in [9.17, 15) is 18.8 Å². The fraction of sp³-hybridized carbons (Fsp3) is 0.640. The molecule has 1 saturated carbocycles. The summed E-state index contributed by atoms with van der Waals surface area (Å²) in [6.07, 6.45) is 2.06. The van der Waals surface area contributed by atoms with Crippen LogP contribution >= 0.6 is 0 Å². The van der Waals surface area contributed by atoms with Gasteiger partial charge in [-0.3, -0.25) is 14.5 Å². The fourth-order valence-corrected chi connectivity index (χ4v) is 6.21. The molecule has 2 aliphatic heterocycles. The SMILES string of the molecule is CC1CC(C)(C)CC2(C1)NC(=O)N(CC(=O)Nc1ccc(N3CC(C)OC(C)C3)c(F)c1)C2=O. The molecule has 3 aliphatic rings. The summed E-state index contributed by atoms with van der Waals surface area (Å²) in [5, 5.41) is 5.48. The smallest absolute Gasteiger partial charge is 0.325 e. The first-order valence-electron chi connectivity index (χ1n) is 12.0. The summed E-state index contributed by atoms with van der Waals surface area (Å²) in [4.78, 5) is 41.4. The lowest BCUT2D eigenvalue weighted by Gasteiger charge is -2.43. The molecule has 4 unspecified atom stereocenters. The van der Waals surface area contributed by atoms with Crippen LogP contribution in [0.3, 0.4) is 0 Å². The van der Waals surface area contributed by atoms with Crippen LogP contribution < -0.4 is 15.5 Å². The van der Waals surface area contributed by atoms with Gasteiger partial charge in [0.15, 0.2) is 0 Å². The monoisotopic (exact) mass is 474 g/mol. The molecule has 8 nitrogen and oxygen atoms in total. The van der Waals surface area contributed by atoms with Crippen molar-refractivity contribution in [3.63, 3.8) is 0 Å². The number of morpholine rings is 1. The highest BCUT2D eigenvalue weighted by atomic mass is 19.1. The molecule has 4 rings (SSSR count). The quantitative estimate of drug-likeness (QED) is 0.652. The molecule has 0 bridgehead atoms. The molecule has 3 fully saturated rings. The van der Waals surface area contributed by atoms with Crippen LogP contribution in [0.2, 0.25) is 0 Å². The average molecular weight is 475 g/mol. The molecule has 1 spiro atoms. The maximum absolute atomic E-state index is 14.9. The van der Waals surface area contributed by atoms with Crippen LogP contribution in [0, 0.1) is 17.2 Å². The highest BCUT2D eigenvalue weighted by molar-refractivity contribution is 6.10. The number of hydrogen-bond acceptors (Lipinski definition) is 5. The molecule has 0 aromatic heterocycles. The summed E-state index contributed by atoms with van der Waals surface area (Å²) in [6.45, 7) is 10.9. The Labute approximate surface area is 200 Å². The van der Waals surface area contributed by atoms with E-state index in [1.54, 1.807) is 12.1 Å². The number of ether oxygens (including phenoxy) is 1. The van der Waals surface area contributed by atoms with Crippen molar-refractivity contribution < 1.29 is 23.5 Å². The van der Waals surface area contributed by atoms with Gasteiger partial charge < -0.3 is 20.3 Å². The summed E-state index contributed by atoms with van der Waals surface area (Å²) >= 11 is 0. The highest BCUT2D eigenvalue weighted by Gasteiger charge is 2.56. The van der Waals surface area contributed by atoms with Gasteiger partial charge >= 0.3 is 6.03 Å². The number of nitrogens with zero attached hydrogens (tertiary/aromatic N) is 2. The number of carbonyl (C=O) groups is 3. The Morgan fingerprint density at radius 1 is 1.18 bits per heavy atom. The van der Waals surface area contributed by atoms with E-state index in [4.69, 9.17) is 4.74 Å². The molecule has 4 atom stereocenters. The van der Waals surface area contributed by atoms with Crippen LogP contribution in [0.5, 0.6) is 0 Å². The van der Waals surface area contributed by atoms with Gasteiger partial charge in [-0.2, -0.15) is 0 Å². The van der Waals surface area contributed by atoms with Crippen LogP contribution in [0.4, 0.5) is 20.6 Å². The third-order valence-electron chi connectivity index (χ3n) is 6.92. The van der Waals surface area contributed by atoms with Gasteiger partial charge in [0, 0.05) is 18.8 Å². The van der Waals surface area contributed by atoms with Crippen molar-refractivity contribution in [1.82, 2.24) is 10.2 Å². The molecule has 34 heavy (non-hydrogen) atoms. The summed E-state index contributed by atoms with van der Waals surface area (Å²) in [7, 11) is 0. The lowest BCUT2D eigenvalue weighted by atomic mass is 9.64. The molecular weight excluding hydrogens is 439 g/mol. The van der Waals surface area contributed by atoms with Gasteiger partial charge in [-0.1, -0.05) is 20.8 Å². The maximum Gasteiger partial charge on any atom is 0.325 e. The van der Waals surface area contributed by atoms with Gasteiger partial charge in [-0.25, -0.2) is 9.18 Å². The number of amides is 4. The summed E-state index contributed by atoms with van der Waals surface area (Å²) < 4.78 is 20.6. The van der Waals surface area contributed by atoms with Gasteiger partial charge in [0.1, 0.15) is 17.9 Å². The van der Waals surface area contributed by atoms with E-state index in [1.807, 2.05) is 18.7 Å². The second-order valence-corrected chi connectivity index (χ2v) is 11.1. The zero-order chi connectivity index (χ0) is 24.8. The van der Waals surface area contributed by atoms with Crippen molar-refractivity contribution in [2.75, 3.05) is 29.9 Å². The molecule has 2 N–H and O–H groups in total. The van der Waals surface area contributed by atoms with Gasteiger partial charge in [-0.15, -0.1) is 0 Å². The summed E-state index contributed by atoms with van der Waals surface area (Å²) in [6, 6.07) is 3.96. The molecular formula is C25H35FN4O4. The third-order valence-corrected chi connectivity index (χ3v) is 6.92. The minimum Gasteiger partial charge on any atom is -0.372 e. The number of carbonyl (C=O) groups excluding carboxylic acids is 3. The number of rotatable bonds is 4. The maximum atomic E-state index is 14.9. The molecule has 0 radical (unpaired) electrons. The lowest BCUT2D eigenvalue weighted by Crippen LogP contribution is -2.54. The number of anilines is 2. The molecule has 2 saturated heterocycles. The lowest BCUT2D eigenvalue weighted by molar-refractivity contribution is -0.136. The molecule has 186 valence electrons. The number of imide groups is 1. The summed E-state index contributed by atoms with van der Waals surface area (Å²) in [5.74, 6) is -1.08. The van der Waals surface area contributed by atoms with Crippen molar-refractivity contribution in [1.29, 1.82) is 0 Å². The van der Waals surface area contributed by atoms with E-state index >= 15 is 0 Å². The van der Waals surface area contributed by atoms with Crippen LogP contribution in [0.25, 0.3) is 0 Å². The molecule has 9 heteroatoms. The van der Waals surface area contributed by atoms with E-state index in [2.05, 4.69) is 31.4 Å². The topological polar surface area (TPSA) is 91.0 Å². The normalized spacial score (nSPS) is 31.1. The van der Waals surface area contributed by atoms with Crippen LogP contribution in [0.15, 0.2) is 18.2 Å². The van der Waals surface area contributed by atoms with Crippen LogP contribution in [0.1, 0.15) is 53.9 Å². The number of hydrogen-bond donors (Lipinski definition) is 2. The molecule has 4 amide bonds. The third kappa shape index (κ3) is 4.89. The number of halogens is 1. The van der Waals surface area contributed by atoms with Gasteiger partial charge in [0.25, 0.3) is 5.91 Å². The van der Waals surface area contributed by atoms with E-state index in [-0.39, 0.29) is 35.1 Å². The Morgan fingerprint density at radius 3 is 2.47 bits per heavy atom. The fourth-order valence-electron chi connectivity index (χ4n) is 6.21. The minimum atomic E-state index is -0.960. The standard InChI is InChI=1S/C25H35FN4O4/c1-15-9-24(4,5)14-25(10-15)22(32)30(23(33)28-25)13-21(31)27-18-6-7-20(19(26)8-18)29-11-16(2)34-17(3)12-29/h6-8,15-17H,9-14H2,1-5H3,(H,27,31)(H,28,33). The number of nitrogens with one attached hydrogen (secondary N) is 2. The zero-order valence-electron chi connectivity index (χ0n) is 20.6. The van der Waals surface area contributed by atoms with Crippen LogP contribution in [-0.4, -0.2) is 60.1 Å². The molecule has 1 aliphatic carbocycles. The average Bonchev–Trinajstić information content (AvgIpc) is 2.88. The second kappa shape index (κ2) is 8.83. The number of benzene rings is 1. The Kier molecular flexibility index (Phi) is 6.35. The van der Waals surface area contributed by atoms with E-state index < -0.39 is 29.8 Å². The van der Waals surface area contributed by atoms with Gasteiger partial charge in [-0.05, 0) is 62.6 Å². The molecule has 1 aromatic rings. The minimum absolute atomic E-state index is 0.00676. The first kappa shape index (κ1) is 24.4. The highest BCUT2D eigenvalue weighted by Crippen LogP contribution is 2.46. The van der Waals surface area contributed by atoms with E-state index in [0.29, 0.717) is 31.6 Å². The molecule has 1 aromatic carbocycles. The molecule has 2 heterocycles. The Bertz CT molecular complexity index is 989. The van der Waals surface area contributed by atoms with Crippen molar-refractivity contribution in [3.05, 3.63) is 24.0 Å². The second-order valence-electron chi connectivity index (χ2n) is 11.1. The first-order valence-corrected chi connectivity index (χ1v) is 12.0. The Morgan fingerprint density at radius 2 is 1.85 bits per heavy atom. The zero-order valence-corrected chi connectivity index (χ0v) is 20.6. The predicted octanol–water partition coefficient (Wildman–Crippen LogP) is 3.51. The largest absolute Gasteiger partial charge is 0.372 e. The van der Waals surface area contributed by atoms with Gasteiger partial charge in [0.05, 0.1) is 17.9 Å². The van der Waals surface area contributed by atoms with Crippen molar-refractivity contribution >= 4 is 29.2 Å². The summed E-state index contributed by atoms with van der Waals surface area (Å²) in [5.41, 5.74) is -0.327. The Hall–Kier alpha value is -2.68. The van der Waals surface area contributed by atoms with Crippen molar-refractivity contribution in [3.8, 4) is 0 Å². The van der Waals surface area contributed by atoms with Crippen molar-refractivity contribution in [2.24, 2.45) is 11.3 Å². The van der Waals surface area contributed by atoms with E-state index in [1.165, 1.54) is 6.07 Å². The van der Waals surface area contributed by atoms with Crippen molar-refractivity contribution in [2.45, 2.75) is 71.6 Å².